The van der Waals surface area contributed by atoms with Crippen LogP contribution in [0.15, 0.2) is 36.9 Å². The van der Waals surface area contributed by atoms with Crippen molar-refractivity contribution in [3.63, 3.8) is 0 Å². The minimum Gasteiger partial charge on any atom is -0.493 e. The lowest BCUT2D eigenvalue weighted by Gasteiger charge is -2.22. The van der Waals surface area contributed by atoms with Gasteiger partial charge in [-0.3, -0.25) is 0 Å². The lowest BCUT2D eigenvalue weighted by Crippen LogP contribution is -2.12. The average molecular weight is 216 g/mol. The molecule has 2 rings (SSSR count). The van der Waals surface area contributed by atoms with E-state index in [1.54, 1.807) is 0 Å². The molecule has 0 heterocycles. The van der Waals surface area contributed by atoms with Gasteiger partial charge in [-0.1, -0.05) is 56.2 Å². The molecular formula is C15H20O. The van der Waals surface area contributed by atoms with Gasteiger partial charge in [-0.25, -0.2) is 0 Å². The van der Waals surface area contributed by atoms with Crippen molar-refractivity contribution in [2.45, 2.75) is 32.1 Å². The van der Waals surface area contributed by atoms with E-state index >= 15 is 0 Å². The Morgan fingerprint density at radius 2 is 1.81 bits per heavy atom. The van der Waals surface area contributed by atoms with Crippen molar-refractivity contribution in [3.05, 3.63) is 42.5 Å². The molecule has 0 bridgehead atoms. The van der Waals surface area contributed by atoms with Crippen LogP contribution in [0.4, 0.5) is 0 Å². The molecule has 0 aliphatic heterocycles. The van der Waals surface area contributed by atoms with E-state index < -0.39 is 0 Å². The first kappa shape index (κ1) is 11.3. The molecule has 86 valence electrons. The molecule has 1 aliphatic carbocycles. The third-order valence-corrected chi connectivity index (χ3v) is 3.31. The third kappa shape index (κ3) is 3.13. The summed E-state index contributed by atoms with van der Waals surface area (Å²) in [7, 11) is 0. The van der Waals surface area contributed by atoms with Crippen LogP contribution in [0.3, 0.4) is 0 Å². The molecule has 1 heteroatoms. The minimum atomic E-state index is 0.745. The standard InChI is InChI=1S/C15H20O/c1-13(15-10-6-3-7-11-15)16-12-14-8-4-2-5-9-14/h3,6-7,10-11,14H,1-2,4-5,8-9,12H2. The third-order valence-electron chi connectivity index (χ3n) is 3.31. The molecule has 0 saturated heterocycles. The first-order chi connectivity index (χ1) is 7.86. The Morgan fingerprint density at radius 1 is 1.12 bits per heavy atom. The van der Waals surface area contributed by atoms with Crippen LogP contribution in [0, 0.1) is 5.92 Å². The van der Waals surface area contributed by atoms with Crippen LogP contribution in [0.5, 0.6) is 0 Å². The molecule has 0 amide bonds. The summed E-state index contributed by atoms with van der Waals surface area (Å²) in [5, 5.41) is 0. The van der Waals surface area contributed by atoms with Crippen molar-refractivity contribution in [1.29, 1.82) is 0 Å². The maximum absolute atomic E-state index is 5.77. The van der Waals surface area contributed by atoms with Gasteiger partial charge in [0.1, 0.15) is 5.76 Å². The van der Waals surface area contributed by atoms with Crippen molar-refractivity contribution in [1.82, 2.24) is 0 Å². The summed E-state index contributed by atoms with van der Waals surface area (Å²) in [5.74, 6) is 1.56. The number of rotatable bonds is 4. The van der Waals surface area contributed by atoms with E-state index in [9.17, 15) is 0 Å². The maximum Gasteiger partial charge on any atom is 0.119 e. The highest BCUT2D eigenvalue weighted by Crippen LogP contribution is 2.25. The second-order valence-corrected chi connectivity index (χ2v) is 4.60. The van der Waals surface area contributed by atoms with Crippen molar-refractivity contribution >= 4 is 5.76 Å². The summed E-state index contributed by atoms with van der Waals surface area (Å²) in [4.78, 5) is 0. The van der Waals surface area contributed by atoms with Gasteiger partial charge in [-0.2, -0.15) is 0 Å². The Hall–Kier alpha value is -1.24. The smallest absolute Gasteiger partial charge is 0.119 e. The number of hydrogen-bond donors (Lipinski definition) is 0. The van der Waals surface area contributed by atoms with Crippen LogP contribution in [0.25, 0.3) is 5.76 Å². The summed E-state index contributed by atoms with van der Waals surface area (Å²) in [6.07, 6.45) is 6.78. The Balaban J connectivity index is 1.79. The molecule has 0 spiro atoms. The molecule has 0 atom stereocenters. The summed E-state index contributed by atoms with van der Waals surface area (Å²) in [5.41, 5.74) is 1.10. The van der Waals surface area contributed by atoms with Crippen LogP contribution in [-0.4, -0.2) is 6.61 Å². The van der Waals surface area contributed by atoms with Crippen molar-refractivity contribution < 1.29 is 4.74 Å². The Kier molecular flexibility index (Phi) is 4.03. The van der Waals surface area contributed by atoms with Crippen LogP contribution in [-0.2, 0) is 4.74 Å². The second kappa shape index (κ2) is 5.74. The minimum absolute atomic E-state index is 0.745. The Labute approximate surface area is 98.1 Å². The Bertz CT molecular complexity index is 323. The predicted octanol–water partition coefficient (Wildman–Crippen LogP) is 4.25. The first-order valence-electron chi connectivity index (χ1n) is 6.23. The molecule has 0 aromatic heterocycles. The molecule has 1 aliphatic rings. The molecular weight excluding hydrogens is 196 g/mol. The first-order valence-corrected chi connectivity index (χ1v) is 6.23. The van der Waals surface area contributed by atoms with Crippen LogP contribution in [0.1, 0.15) is 37.7 Å². The summed E-state index contributed by atoms with van der Waals surface area (Å²) in [6, 6.07) is 10.1. The highest BCUT2D eigenvalue weighted by atomic mass is 16.5. The molecule has 1 fully saturated rings. The van der Waals surface area contributed by atoms with Crippen molar-refractivity contribution in [2.75, 3.05) is 6.61 Å². The van der Waals surface area contributed by atoms with Crippen molar-refractivity contribution in [3.8, 4) is 0 Å². The van der Waals surface area contributed by atoms with Gasteiger partial charge in [0, 0.05) is 5.56 Å². The number of benzene rings is 1. The summed E-state index contributed by atoms with van der Waals surface area (Å²) >= 11 is 0. The molecule has 16 heavy (non-hydrogen) atoms. The highest BCUT2D eigenvalue weighted by Gasteiger charge is 2.14. The average Bonchev–Trinajstić information content (AvgIpc) is 2.38. The van der Waals surface area contributed by atoms with Gasteiger partial charge >= 0.3 is 0 Å². The lowest BCUT2D eigenvalue weighted by molar-refractivity contribution is 0.184. The van der Waals surface area contributed by atoms with E-state index in [2.05, 4.69) is 6.58 Å². The van der Waals surface area contributed by atoms with E-state index in [4.69, 9.17) is 4.74 Å². The fraction of sp³-hybridized carbons (Fsp3) is 0.467. The van der Waals surface area contributed by atoms with Gasteiger partial charge in [0.25, 0.3) is 0 Å². The molecule has 1 aromatic rings. The fourth-order valence-electron chi connectivity index (χ4n) is 2.28. The van der Waals surface area contributed by atoms with E-state index in [1.807, 2.05) is 30.3 Å². The van der Waals surface area contributed by atoms with Crippen LogP contribution >= 0.6 is 0 Å². The van der Waals surface area contributed by atoms with Gasteiger partial charge in [0.15, 0.2) is 0 Å². The van der Waals surface area contributed by atoms with Gasteiger partial charge in [-0.15, -0.1) is 0 Å². The Morgan fingerprint density at radius 3 is 2.50 bits per heavy atom. The summed E-state index contributed by atoms with van der Waals surface area (Å²) < 4.78 is 5.77. The quantitative estimate of drug-likeness (QED) is 0.683. The van der Waals surface area contributed by atoms with Gasteiger partial charge < -0.3 is 4.74 Å². The molecule has 0 radical (unpaired) electrons. The second-order valence-electron chi connectivity index (χ2n) is 4.60. The molecule has 0 N–H and O–H groups in total. The van der Waals surface area contributed by atoms with Crippen molar-refractivity contribution in [2.24, 2.45) is 5.92 Å². The monoisotopic (exact) mass is 216 g/mol. The maximum atomic E-state index is 5.77. The molecule has 1 aromatic carbocycles. The zero-order valence-electron chi connectivity index (χ0n) is 9.82. The highest BCUT2D eigenvalue weighted by molar-refractivity contribution is 5.56. The predicted molar refractivity (Wildman–Crippen MR) is 68.0 cm³/mol. The largest absolute Gasteiger partial charge is 0.493 e. The van der Waals surface area contributed by atoms with E-state index in [0.717, 1.165) is 23.8 Å². The lowest BCUT2D eigenvalue weighted by atomic mass is 9.90. The molecule has 1 nitrogen and oxygen atoms in total. The topological polar surface area (TPSA) is 9.23 Å². The molecule has 1 saturated carbocycles. The van der Waals surface area contributed by atoms with E-state index in [0.29, 0.717) is 0 Å². The zero-order valence-corrected chi connectivity index (χ0v) is 9.82. The number of ether oxygens (including phenoxy) is 1. The van der Waals surface area contributed by atoms with E-state index in [1.165, 1.54) is 32.1 Å². The van der Waals surface area contributed by atoms with Gasteiger partial charge in [0.05, 0.1) is 6.61 Å². The zero-order chi connectivity index (χ0) is 11.2. The van der Waals surface area contributed by atoms with Gasteiger partial charge in [0.2, 0.25) is 0 Å². The van der Waals surface area contributed by atoms with Crippen LogP contribution in [0.2, 0.25) is 0 Å². The summed E-state index contributed by atoms with van der Waals surface area (Å²) in [6.45, 7) is 4.83. The van der Waals surface area contributed by atoms with E-state index in [-0.39, 0.29) is 0 Å². The SMILES string of the molecule is C=C(OCC1CCCCC1)c1ccccc1. The number of hydrogen-bond acceptors (Lipinski definition) is 1. The van der Waals surface area contributed by atoms with Crippen LogP contribution < -0.4 is 0 Å². The van der Waals surface area contributed by atoms with Gasteiger partial charge in [-0.05, 0) is 18.8 Å². The molecule has 0 unspecified atom stereocenters. The fourth-order valence-corrected chi connectivity index (χ4v) is 2.28. The normalized spacial score (nSPS) is 17.0.